The minimum Gasteiger partial charge on any atom is -0.350 e. The Balaban J connectivity index is 1.30. The Morgan fingerprint density at radius 1 is 0.962 bits per heavy atom. The lowest BCUT2D eigenvalue weighted by Crippen LogP contribution is -2.28. The Bertz CT molecular complexity index is 920. The lowest BCUT2D eigenvalue weighted by molar-refractivity contribution is 0.323. The van der Waals surface area contributed by atoms with Crippen molar-refractivity contribution >= 4 is 28.5 Å². The fourth-order valence-corrected chi connectivity index (χ4v) is 6.02. The average Bonchev–Trinajstić information content (AvgIpc) is 3.36. The van der Waals surface area contributed by atoms with Crippen LogP contribution in [0.25, 0.3) is 10.9 Å². The maximum atomic E-state index is 2.66. The van der Waals surface area contributed by atoms with Crippen LogP contribution in [0.1, 0.15) is 18.4 Å². The molecule has 3 heterocycles. The van der Waals surface area contributed by atoms with Crippen LogP contribution in [-0.4, -0.2) is 33.8 Å². The molecule has 1 spiro atoms. The molecular formula is C22H25N3S. The van der Waals surface area contributed by atoms with E-state index in [1.54, 1.807) is 0 Å². The molecule has 0 aliphatic carbocycles. The molecule has 0 unspecified atom stereocenters. The summed E-state index contributed by atoms with van der Waals surface area (Å²) in [6.07, 6.45) is 4.90. The van der Waals surface area contributed by atoms with Crippen molar-refractivity contribution < 1.29 is 0 Å². The molecule has 3 nitrogen and oxygen atoms in total. The quantitative estimate of drug-likeness (QED) is 0.626. The van der Waals surface area contributed by atoms with E-state index in [9.17, 15) is 0 Å². The molecule has 1 aromatic heterocycles. The molecule has 134 valence electrons. The van der Waals surface area contributed by atoms with E-state index < -0.39 is 0 Å². The second-order valence-electron chi connectivity index (χ2n) is 7.71. The molecule has 0 bridgehead atoms. The number of likely N-dealkylation sites (tertiary alicyclic amines) is 1. The summed E-state index contributed by atoms with van der Waals surface area (Å²) in [6, 6.07) is 19.6. The van der Waals surface area contributed by atoms with E-state index in [4.69, 9.17) is 0 Å². The van der Waals surface area contributed by atoms with Crippen molar-refractivity contribution in [1.82, 2.24) is 9.47 Å². The zero-order chi connectivity index (χ0) is 17.6. The molecule has 2 aromatic carbocycles. The van der Waals surface area contributed by atoms with Crippen LogP contribution < -0.4 is 4.31 Å². The number of hydrogen-bond acceptors (Lipinski definition) is 3. The Morgan fingerprint density at radius 3 is 2.62 bits per heavy atom. The highest BCUT2D eigenvalue weighted by Gasteiger charge is 2.44. The summed E-state index contributed by atoms with van der Waals surface area (Å²) in [5.41, 5.74) is 4.15. The van der Waals surface area contributed by atoms with Gasteiger partial charge in [0, 0.05) is 49.5 Å². The number of aromatic nitrogens is 1. The standard InChI is InChI=1S/C22H25N3S/c1-23-15-18(20-9-5-6-10-21(20)23)16-24-13-11-22(17-24)12-14-25(26-22)19-7-3-2-4-8-19/h2-10,15H,11-14,16-17H2,1H3/t22-/m0/s1. The maximum Gasteiger partial charge on any atom is 0.0515 e. The molecule has 2 aliphatic heterocycles. The van der Waals surface area contributed by atoms with Gasteiger partial charge in [0.05, 0.1) is 4.75 Å². The van der Waals surface area contributed by atoms with Crippen LogP contribution in [-0.2, 0) is 13.6 Å². The summed E-state index contributed by atoms with van der Waals surface area (Å²) >= 11 is 2.08. The smallest absolute Gasteiger partial charge is 0.0515 e. The molecule has 0 amide bonds. The van der Waals surface area contributed by atoms with Gasteiger partial charge in [-0.25, -0.2) is 0 Å². The van der Waals surface area contributed by atoms with Crippen molar-refractivity contribution in [2.75, 3.05) is 23.9 Å². The van der Waals surface area contributed by atoms with Gasteiger partial charge in [0.2, 0.25) is 0 Å². The van der Waals surface area contributed by atoms with Gasteiger partial charge >= 0.3 is 0 Å². The molecule has 4 heteroatoms. The highest BCUT2D eigenvalue weighted by atomic mass is 32.2. The average molecular weight is 364 g/mol. The first-order valence-corrected chi connectivity index (χ1v) is 10.3. The minimum atomic E-state index is 0.403. The van der Waals surface area contributed by atoms with Gasteiger partial charge in [0.25, 0.3) is 0 Å². The number of para-hydroxylation sites is 2. The van der Waals surface area contributed by atoms with E-state index in [0.29, 0.717) is 4.75 Å². The van der Waals surface area contributed by atoms with E-state index in [0.717, 1.165) is 13.1 Å². The predicted octanol–water partition coefficient (Wildman–Crippen LogP) is 4.68. The van der Waals surface area contributed by atoms with E-state index in [2.05, 4.69) is 93.6 Å². The van der Waals surface area contributed by atoms with Gasteiger partial charge in [0.1, 0.15) is 0 Å². The van der Waals surface area contributed by atoms with Crippen LogP contribution in [0, 0.1) is 0 Å². The number of benzene rings is 2. The number of anilines is 1. The second-order valence-corrected chi connectivity index (χ2v) is 9.19. The first-order valence-electron chi connectivity index (χ1n) is 9.50. The number of rotatable bonds is 3. The highest BCUT2D eigenvalue weighted by molar-refractivity contribution is 8.02. The Kier molecular flexibility index (Phi) is 3.98. The van der Waals surface area contributed by atoms with E-state index >= 15 is 0 Å². The Labute approximate surface area is 159 Å². The monoisotopic (exact) mass is 363 g/mol. The van der Waals surface area contributed by atoms with Crippen molar-refractivity contribution in [3.8, 4) is 0 Å². The molecule has 26 heavy (non-hydrogen) atoms. The highest BCUT2D eigenvalue weighted by Crippen LogP contribution is 2.47. The number of fused-ring (bicyclic) bond motifs is 1. The van der Waals surface area contributed by atoms with Gasteiger partial charge in [-0.05, 0) is 55.1 Å². The van der Waals surface area contributed by atoms with Crippen molar-refractivity contribution in [1.29, 1.82) is 0 Å². The third kappa shape index (κ3) is 2.81. The molecule has 0 N–H and O–H groups in total. The lowest BCUT2D eigenvalue weighted by Gasteiger charge is -2.24. The molecule has 2 fully saturated rings. The van der Waals surface area contributed by atoms with Crippen LogP contribution in [0.5, 0.6) is 0 Å². The van der Waals surface area contributed by atoms with Crippen molar-refractivity contribution in [3.63, 3.8) is 0 Å². The van der Waals surface area contributed by atoms with Crippen LogP contribution in [0.4, 0.5) is 5.69 Å². The van der Waals surface area contributed by atoms with Gasteiger partial charge in [0.15, 0.2) is 0 Å². The number of hydrogen-bond donors (Lipinski definition) is 0. The van der Waals surface area contributed by atoms with Crippen LogP contribution in [0.3, 0.4) is 0 Å². The second kappa shape index (κ2) is 6.36. The van der Waals surface area contributed by atoms with Crippen molar-refractivity contribution in [2.45, 2.75) is 24.1 Å². The summed E-state index contributed by atoms with van der Waals surface area (Å²) < 4.78 is 5.17. The summed E-state index contributed by atoms with van der Waals surface area (Å²) in [7, 11) is 2.15. The first kappa shape index (κ1) is 16.3. The van der Waals surface area contributed by atoms with Gasteiger partial charge in [-0.3, -0.25) is 4.90 Å². The summed E-state index contributed by atoms with van der Waals surface area (Å²) in [4.78, 5) is 2.66. The Hall–Kier alpha value is -1.91. The first-order chi connectivity index (χ1) is 12.7. The Morgan fingerprint density at radius 2 is 1.73 bits per heavy atom. The largest absolute Gasteiger partial charge is 0.350 e. The van der Waals surface area contributed by atoms with Gasteiger partial charge in [-0.2, -0.15) is 0 Å². The fraction of sp³-hybridized carbons (Fsp3) is 0.364. The SMILES string of the molecule is Cn1cc(CN2CC[C@]3(CCN(c4ccccc4)S3)C2)c2ccccc21. The molecule has 0 radical (unpaired) electrons. The normalized spacial score (nSPS) is 23.5. The van der Waals surface area contributed by atoms with E-state index in [1.165, 1.54) is 48.1 Å². The van der Waals surface area contributed by atoms with Crippen molar-refractivity contribution in [2.24, 2.45) is 7.05 Å². The van der Waals surface area contributed by atoms with Crippen molar-refractivity contribution in [3.05, 3.63) is 66.4 Å². The molecular weight excluding hydrogens is 338 g/mol. The molecule has 5 rings (SSSR count). The molecule has 3 aromatic rings. The number of aryl methyl sites for hydroxylation is 1. The molecule has 2 aliphatic rings. The van der Waals surface area contributed by atoms with E-state index in [-0.39, 0.29) is 0 Å². The summed E-state index contributed by atoms with van der Waals surface area (Å²) in [5, 5.41) is 1.40. The van der Waals surface area contributed by atoms with Crippen LogP contribution in [0.15, 0.2) is 60.8 Å². The predicted molar refractivity (Wildman–Crippen MR) is 112 cm³/mol. The van der Waals surface area contributed by atoms with Crippen LogP contribution in [0.2, 0.25) is 0 Å². The van der Waals surface area contributed by atoms with Gasteiger partial charge < -0.3 is 8.87 Å². The molecule has 0 saturated carbocycles. The molecule has 2 saturated heterocycles. The summed E-state index contributed by atoms with van der Waals surface area (Å²) in [6.45, 7) is 4.63. The zero-order valence-corrected chi connectivity index (χ0v) is 16.1. The fourth-order valence-electron chi connectivity index (χ4n) is 4.54. The zero-order valence-electron chi connectivity index (χ0n) is 15.3. The topological polar surface area (TPSA) is 11.4 Å². The van der Waals surface area contributed by atoms with Gasteiger partial charge in [-0.15, -0.1) is 0 Å². The number of nitrogens with zero attached hydrogens (tertiary/aromatic N) is 3. The maximum absolute atomic E-state index is 2.66. The minimum absolute atomic E-state index is 0.403. The van der Waals surface area contributed by atoms with Crippen LogP contribution >= 0.6 is 11.9 Å². The third-order valence-electron chi connectivity index (χ3n) is 5.89. The van der Waals surface area contributed by atoms with Gasteiger partial charge in [-0.1, -0.05) is 36.4 Å². The third-order valence-corrected chi connectivity index (χ3v) is 7.43. The molecule has 1 atom stereocenters. The van der Waals surface area contributed by atoms with E-state index in [1.807, 2.05) is 0 Å². The summed E-state index contributed by atoms with van der Waals surface area (Å²) in [5.74, 6) is 0. The lowest BCUT2D eigenvalue weighted by atomic mass is 10.0.